The minimum absolute atomic E-state index is 0.0232. The van der Waals surface area contributed by atoms with Crippen LogP contribution in [0.4, 0.5) is 0 Å². The van der Waals surface area contributed by atoms with E-state index in [0.717, 1.165) is 58.0 Å². The van der Waals surface area contributed by atoms with Crippen LogP contribution in [0.1, 0.15) is 132 Å². The summed E-state index contributed by atoms with van der Waals surface area (Å²) in [6, 6.07) is 0. The van der Waals surface area contributed by atoms with Crippen molar-refractivity contribution in [2.75, 3.05) is 13.2 Å². The number of allylic oxidation sites excluding steroid dienone is 2. The van der Waals surface area contributed by atoms with Crippen molar-refractivity contribution in [3.63, 3.8) is 0 Å². The number of carbonyl (C=O) groups is 1. The highest BCUT2D eigenvalue weighted by Crippen LogP contribution is 2.76. The second kappa shape index (κ2) is 11.1. The Kier molecular flexibility index (Phi) is 8.28. The van der Waals surface area contributed by atoms with E-state index in [1.54, 1.807) is 12.5 Å². The molecule has 5 heteroatoms. The van der Waals surface area contributed by atoms with Gasteiger partial charge in [-0.1, -0.05) is 60.1 Å². The third-order valence-corrected chi connectivity index (χ3v) is 15.2. The third-order valence-electron chi connectivity index (χ3n) is 15.2. The maximum absolute atomic E-state index is 14.0. The molecule has 0 aromatic rings. The van der Waals surface area contributed by atoms with E-state index in [1.807, 2.05) is 0 Å². The van der Waals surface area contributed by atoms with Crippen LogP contribution < -0.4 is 0 Å². The maximum Gasteiger partial charge on any atom is 0.312 e. The molecule has 0 radical (unpaired) electrons. The van der Waals surface area contributed by atoms with Crippen molar-refractivity contribution in [2.45, 2.75) is 151 Å². The Labute approximate surface area is 262 Å². The SMILES string of the molecule is CC(O)COC(=O)[C@]12CC[C@@H](C)[C@H](C)[C@H]1C1=CC[C@@H]3[C@@]4(C)CC[C@H](OC5CCCCO5)C(C)(C)C4CC[C@@]3(C)[C@]1(C)CC2. The zero-order valence-electron chi connectivity index (χ0n) is 28.7. The average molecular weight is 599 g/mol. The molecule has 1 saturated heterocycles. The van der Waals surface area contributed by atoms with E-state index in [9.17, 15) is 9.90 Å². The minimum Gasteiger partial charge on any atom is -0.463 e. The number of fused-ring (bicyclic) bond motifs is 7. The molecule has 5 fully saturated rings. The summed E-state index contributed by atoms with van der Waals surface area (Å²) in [4.78, 5) is 14.0. The van der Waals surface area contributed by atoms with E-state index in [-0.39, 0.29) is 52.5 Å². The summed E-state index contributed by atoms with van der Waals surface area (Å²) < 4.78 is 18.7. The lowest BCUT2D eigenvalue weighted by molar-refractivity contribution is -0.257. The topological polar surface area (TPSA) is 65.0 Å². The van der Waals surface area contributed by atoms with E-state index < -0.39 is 11.5 Å². The van der Waals surface area contributed by atoms with Crippen LogP contribution in [-0.4, -0.2) is 42.8 Å². The molecule has 5 aliphatic carbocycles. The molecule has 0 spiro atoms. The first-order valence-corrected chi connectivity index (χ1v) is 18.0. The van der Waals surface area contributed by atoms with E-state index in [0.29, 0.717) is 23.7 Å². The predicted molar refractivity (Wildman–Crippen MR) is 170 cm³/mol. The molecule has 0 bridgehead atoms. The number of esters is 1. The van der Waals surface area contributed by atoms with Crippen LogP contribution in [0.5, 0.6) is 0 Å². The van der Waals surface area contributed by atoms with E-state index in [2.05, 4.69) is 54.5 Å². The first kappa shape index (κ1) is 32.0. The predicted octanol–water partition coefficient (Wildman–Crippen LogP) is 8.48. The Morgan fingerprint density at radius 2 is 1.74 bits per heavy atom. The van der Waals surface area contributed by atoms with Gasteiger partial charge in [-0.05, 0) is 135 Å². The Morgan fingerprint density at radius 3 is 2.44 bits per heavy atom. The van der Waals surface area contributed by atoms with Gasteiger partial charge in [-0.15, -0.1) is 0 Å². The van der Waals surface area contributed by atoms with Crippen molar-refractivity contribution >= 4 is 5.97 Å². The van der Waals surface area contributed by atoms with Crippen LogP contribution in [0.25, 0.3) is 0 Å². The second-order valence-corrected chi connectivity index (χ2v) is 17.5. The highest BCUT2D eigenvalue weighted by molar-refractivity contribution is 5.79. The zero-order valence-corrected chi connectivity index (χ0v) is 28.7. The monoisotopic (exact) mass is 598 g/mol. The molecule has 0 aromatic heterocycles. The fourth-order valence-corrected chi connectivity index (χ4v) is 12.4. The molecule has 3 unspecified atom stereocenters. The summed E-state index contributed by atoms with van der Waals surface area (Å²) in [5, 5.41) is 9.93. The lowest BCUT2D eigenvalue weighted by Gasteiger charge is -2.71. The normalized spacial score (nSPS) is 49.8. The number of ether oxygens (including phenoxy) is 3. The molecule has 6 rings (SSSR count). The van der Waals surface area contributed by atoms with Crippen LogP contribution in [0.15, 0.2) is 11.6 Å². The van der Waals surface area contributed by atoms with Crippen molar-refractivity contribution in [3.05, 3.63) is 11.6 Å². The molecule has 244 valence electrons. The Bertz CT molecular complexity index is 1090. The molecule has 0 amide bonds. The van der Waals surface area contributed by atoms with Crippen LogP contribution in [0.3, 0.4) is 0 Å². The summed E-state index contributed by atoms with van der Waals surface area (Å²) >= 11 is 0. The highest BCUT2D eigenvalue weighted by atomic mass is 16.7. The van der Waals surface area contributed by atoms with Crippen LogP contribution in [0, 0.1) is 56.7 Å². The lowest BCUT2D eigenvalue weighted by Crippen LogP contribution is -2.65. The molecule has 12 atom stereocenters. The number of aliphatic hydroxyl groups excluding tert-OH is 1. The van der Waals surface area contributed by atoms with Crippen molar-refractivity contribution < 1.29 is 24.1 Å². The zero-order chi connectivity index (χ0) is 31.0. The van der Waals surface area contributed by atoms with Gasteiger partial charge < -0.3 is 19.3 Å². The van der Waals surface area contributed by atoms with E-state index in [1.165, 1.54) is 25.7 Å². The standard InChI is InChI=1S/C38H62O5/c1-24-14-19-38(33(40)42-23-25(2)39)21-20-36(7)27(32(38)26(24)3)12-13-29-35(6)17-16-30(43-31-11-9-10-22-41-31)34(4,5)28(35)15-18-37(29,36)8/h12,24-26,28-32,39H,9-11,13-23H2,1-8H3/t24-,25?,26+,28?,29-,30+,31?,32+,35+,36-,37-,38+/m1/s1. The minimum atomic E-state index is -0.628. The van der Waals surface area contributed by atoms with E-state index in [4.69, 9.17) is 14.2 Å². The third kappa shape index (κ3) is 4.74. The van der Waals surface area contributed by atoms with Gasteiger partial charge >= 0.3 is 5.97 Å². The Hall–Kier alpha value is -0.910. The summed E-state index contributed by atoms with van der Waals surface area (Å²) in [6.07, 6.45) is 15.6. The number of carbonyl (C=O) groups excluding carboxylic acids is 1. The maximum atomic E-state index is 14.0. The molecule has 6 aliphatic rings. The largest absolute Gasteiger partial charge is 0.463 e. The molecule has 4 saturated carbocycles. The van der Waals surface area contributed by atoms with E-state index >= 15 is 0 Å². The van der Waals surface area contributed by atoms with Crippen LogP contribution >= 0.6 is 0 Å². The second-order valence-electron chi connectivity index (χ2n) is 17.5. The number of aliphatic hydroxyl groups is 1. The number of hydrogen-bond donors (Lipinski definition) is 1. The van der Waals surface area contributed by atoms with Crippen LogP contribution in [-0.2, 0) is 19.0 Å². The molecule has 5 nitrogen and oxygen atoms in total. The summed E-state index contributed by atoms with van der Waals surface area (Å²) in [6.45, 7) is 20.3. The molecule has 1 N–H and O–H groups in total. The van der Waals surface area contributed by atoms with Gasteiger partial charge in [0, 0.05) is 6.61 Å². The van der Waals surface area contributed by atoms with Crippen molar-refractivity contribution in [3.8, 4) is 0 Å². The summed E-state index contributed by atoms with van der Waals surface area (Å²) in [5.74, 6) is 2.48. The first-order valence-electron chi connectivity index (χ1n) is 18.0. The van der Waals surface area contributed by atoms with Gasteiger partial charge in [0.2, 0.25) is 0 Å². The first-order chi connectivity index (χ1) is 20.2. The van der Waals surface area contributed by atoms with Crippen molar-refractivity contribution in [1.29, 1.82) is 0 Å². The van der Waals surface area contributed by atoms with Gasteiger partial charge in [0.25, 0.3) is 0 Å². The molecule has 43 heavy (non-hydrogen) atoms. The fraction of sp³-hybridized carbons (Fsp3) is 0.921. The highest BCUT2D eigenvalue weighted by Gasteiger charge is 2.69. The molecular formula is C38H62O5. The van der Waals surface area contributed by atoms with Crippen molar-refractivity contribution in [1.82, 2.24) is 0 Å². The van der Waals surface area contributed by atoms with Gasteiger partial charge in [0.05, 0.1) is 17.6 Å². The Morgan fingerprint density at radius 1 is 0.977 bits per heavy atom. The Balaban J connectivity index is 1.32. The average Bonchev–Trinajstić information content (AvgIpc) is 2.96. The molecule has 1 aliphatic heterocycles. The smallest absolute Gasteiger partial charge is 0.312 e. The summed E-state index contributed by atoms with van der Waals surface area (Å²) in [7, 11) is 0. The lowest BCUT2D eigenvalue weighted by atomic mass is 9.33. The van der Waals surface area contributed by atoms with Gasteiger partial charge in [-0.2, -0.15) is 0 Å². The molecule has 1 heterocycles. The van der Waals surface area contributed by atoms with Gasteiger partial charge in [0.15, 0.2) is 6.29 Å². The van der Waals surface area contributed by atoms with Crippen LogP contribution in [0.2, 0.25) is 0 Å². The summed E-state index contributed by atoms with van der Waals surface area (Å²) in [5.41, 5.74) is 1.80. The molecule has 0 aromatic carbocycles. The quantitative estimate of drug-likeness (QED) is 0.195. The van der Waals surface area contributed by atoms with Crippen molar-refractivity contribution in [2.24, 2.45) is 56.7 Å². The number of hydrogen-bond acceptors (Lipinski definition) is 5. The number of rotatable bonds is 5. The fourth-order valence-electron chi connectivity index (χ4n) is 12.4. The van der Waals surface area contributed by atoms with Gasteiger partial charge in [0.1, 0.15) is 6.61 Å². The van der Waals surface area contributed by atoms with Gasteiger partial charge in [-0.25, -0.2) is 0 Å². The molecular weight excluding hydrogens is 536 g/mol. The van der Waals surface area contributed by atoms with Gasteiger partial charge in [-0.3, -0.25) is 4.79 Å².